The van der Waals surface area contributed by atoms with Gasteiger partial charge in [0, 0.05) is 18.7 Å². The molecule has 0 unspecified atom stereocenters. The highest BCUT2D eigenvalue weighted by molar-refractivity contribution is 7.89. The molecule has 2 N–H and O–H groups in total. The Kier molecular flexibility index (Phi) is 4.26. The van der Waals surface area contributed by atoms with Gasteiger partial charge in [-0.05, 0) is 35.7 Å². The Labute approximate surface area is 141 Å². The number of rotatable bonds is 4. The predicted octanol–water partition coefficient (Wildman–Crippen LogP) is 2.08. The number of benzene rings is 2. The lowest BCUT2D eigenvalue weighted by Gasteiger charge is -2.17. The van der Waals surface area contributed by atoms with Crippen molar-refractivity contribution in [2.75, 3.05) is 13.1 Å². The summed E-state index contributed by atoms with van der Waals surface area (Å²) in [6.45, 7) is 2.08. The van der Waals surface area contributed by atoms with Crippen LogP contribution in [0.25, 0.3) is 11.1 Å². The second-order valence-corrected chi connectivity index (χ2v) is 7.67. The SMILES string of the molecule is Cc1cc(S(=O)(=O)N2CC=C(C(N)=O)C2)ccc1-c1ccccc1. The van der Waals surface area contributed by atoms with Gasteiger partial charge in [-0.1, -0.05) is 42.5 Å². The van der Waals surface area contributed by atoms with Crippen LogP contribution >= 0.6 is 0 Å². The maximum atomic E-state index is 12.7. The Morgan fingerprint density at radius 1 is 1.12 bits per heavy atom. The van der Waals surface area contributed by atoms with Gasteiger partial charge in [0.05, 0.1) is 4.90 Å². The summed E-state index contributed by atoms with van der Waals surface area (Å²) >= 11 is 0. The van der Waals surface area contributed by atoms with E-state index in [-0.39, 0.29) is 18.0 Å². The lowest BCUT2D eigenvalue weighted by Crippen LogP contribution is -2.30. The highest BCUT2D eigenvalue weighted by atomic mass is 32.2. The van der Waals surface area contributed by atoms with Gasteiger partial charge in [-0.25, -0.2) is 8.42 Å². The van der Waals surface area contributed by atoms with E-state index in [4.69, 9.17) is 5.73 Å². The fourth-order valence-electron chi connectivity index (χ4n) is 2.78. The molecule has 124 valence electrons. The summed E-state index contributed by atoms with van der Waals surface area (Å²) in [5, 5.41) is 0. The first kappa shape index (κ1) is 16.4. The van der Waals surface area contributed by atoms with Gasteiger partial charge in [0.2, 0.25) is 15.9 Å². The van der Waals surface area contributed by atoms with Crippen molar-refractivity contribution in [1.29, 1.82) is 0 Å². The topological polar surface area (TPSA) is 80.5 Å². The zero-order chi connectivity index (χ0) is 17.3. The molecule has 1 aliphatic rings. The van der Waals surface area contributed by atoms with E-state index in [2.05, 4.69) is 0 Å². The summed E-state index contributed by atoms with van der Waals surface area (Å²) in [7, 11) is -3.65. The molecule has 0 spiro atoms. The van der Waals surface area contributed by atoms with E-state index in [9.17, 15) is 13.2 Å². The molecule has 0 bridgehead atoms. The Bertz CT molecular complexity index is 919. The molecule has 2 aromatic rings. The van der Waals surface area contributed by atoms with Crippen LogP contribution in [0.15, 0.2) is 65.1 Å². The van der Waals surface area contributed by atoms with Crippen LogP contribution in [0, 0.1) is 6.92 Å². The van der Waals surface area contributed by atoms with Crippen molar-refractivity contribution in [2.24, 2.45) is 5.73 Å². The Hall–Kier alpha value is -2.44. The van der Waals surface area contributed by atoms with Crippen molar-refractivity contribution in [2.45, 2.75) is 11.8 Å². The summed E-state index contributed by atoms with van der Waals surface area (Å²) in [6, 6.07) is 14.9. The zero-order valence-electron chi connectivity index (χ0n) is 13.3. The summed E-state index contributed by atoms with van der Waals surface area (Å²) in [4.78, 5) is 11.4. The number of nitrogens with two attached hydrogens (primary N) is 1. The normalized spacial score (nSPS) is 15.3. The summed E-state index contributed by atoms with van der Waals surface area (Å²) in [5.41, 5.74) is 8.46. The highest BCUT2D eigenvalue weighted by Gasteiger charge is 2.29. The van der Waals surface area contributed by atoms with E-state index in [1.54, 1.807) is 18.2 Å². The summed E-state index contributed by atoms with van der Waals surface area (Å²) in [5.74, 6) is -0.580. The number of aryl methyl sites for hydroxylation is 1. The quantitative estimate of drug-likeness (QED) is 0.924. The van der Waals surface area contributed by atoms with E-state index < -0.39 is 15.9 Å². The molecule has 2 aromatic carbocycles. The Morgan fingerprint density at radius 2 is 1.83 bits per heavy atom. The van der Waals surface area contributed by atoms with Gasteiger partial charge >= 0.3 is 0 Å². The van der Waals surface area contributed by atoms with Gasteiger partial charge in [0.15, 0.2) is 0 Å². The van der Waals surface area contributed by atoms with E-state index in [1.807, 2.05) is 43.3 Å². The molecule has 1 heterocycles. The molecule has 0 fully saturated rings. The van der Waals surface area contributed by atoms with E-state index >= 15 is 0 Å². The number of sulfonamides is 1. The van der Waals surface area contributed by atoms with Crippen LogP contribution in [0.3, 0.4) is 0 Å². The summed E-state index contributed by atoms with van der Waals surface area (Å²) in [6.07, 6.45) is 1.56. The smallest absolute Gasteiger partial charge is 0.245 e. The van der Waals surface area contributed by atoms with E-state index in [0.29, 0.717) is 5.57 Å². The molecule has 0 saturated carbocycles. The van der Waals surface area contributed by atoms with Crippen LogP contribution in [0.1, 0.15) is 5.56 Å². The third-order valence-corrected chi connectivity index (χ3v) is 5.93. The maximum Gasteiger partial charge on any atom is 0.245 e. The first-order valence-electron chi connectivity index (χ1n) is 7.54. The van der Waals surface area contributed by atoms with Crippen molar-refractivity contribution in [3.63, 3.8) is 0 Å². The Balaban J connectivity index is 1.91. The van der Waals surface area contributed by atoms with Crippen LogP contribution in [0.2, 0.25) is 0 Å². The van der Waals surface area contributed by atoms with Crippen molar-refractivity contribution in [3.05, 3.63) is 65.7 Å². The minimum absolute atomic E-state index is 0.0250. The first-order valence-corrected chi connectivity index (χ1v) is 8.98. The van der Waals surface area contributed by atoms with Gasteiger partial charge < -0.3 is 5.73 Å². The number of carbonyl (C=O) groups is 1. The number of hydrogen-bond acceptors (Lipinski definition) is 3. The zero-order valence-corrected chi connectivity index (χ0v) is 14.1. The van der Waals surface area contributed by atoms with Crippen molar-refractivity contribution in [1.82, 2.24) is 4.31 Å². The fourth-order valence-corrected chi connectivity index (χ4v) is 4.22. The predicted molar refractivity (Wildman–Crippen MR) is 92.7 cm³/mol. The van der Waals surface area contributed by atoms with Gasteiger partial charge in [-0.15, -0.1) is 0 Å². The van der Waals surface area contributed by atoms with Crippen molar-refractivity contribution < 1.29 is 13.2 Å². The lowest BCUT2D eigenvalue weighted by molar-refractivity contribution is -0.114. The van der Waals surface area contributed by atoms with Gasteiger partial charge in [-0.3, -0.25) is 4.79 Å². The van der Waals surface area contributed by atoms with Crippen molar-refractivity contribution >= 4 is 15.9 Å². The average molecular weight is 342 g/mol. The van der Waals surface area contributed by atoms with Gasteiger partial charge in [0.1, 0.15) is 0 Å². The van der Waals surface area contributed by atoms with Crippen molar-refractivity contribution in [3.8, 4) is 11.1 Å². The molecule has 5 nitrogen and oxygen atoms in total. The summed E-state index contributed by atoms with van der Waals surface area (Å²) < 4.78 is 26.7. The number of nitrogens with zero attached hydrogens (tertiary/aromatic N) is 1. The largest absolute Gasteiger partial charge is 0.366 e. The fraction of sp³-hybridized carbons (Fsp3) is 0.167. The number of hydrogen-bond donors (Lipinski definition) is 1. The first-order chi connectivity index (χ1) is 11.4. The molecule has 24 heavy (non-hydrogen) atoms. The molecule has 0 radical (unpaired) electrons. The van der Waals surface area contributed by atoms with Gasteiger partial charge in [-0.2, -0.15) is 4.31 Å². The molecule has 1 amide bonds. The van der Waals surface area contributed by atoms with E-state index in [0.717, 1.165) is 16.7 Å². The highest BCUT2D eigenvalue weighted by Crippen LogP contribution is 2.28. The minimum atomic E-state index is -3.65. The number of carbonyl (C=O) groups excluding carboxylic acids is 1. The van der Waals surface area contributed by atoms with Crippen LogP contribution < -0.4 is 5.73 Å². The monoisotopic (exact) mass is 342 g/mol. The van der Waals surface area contributed by atoms with E-state index in [1.165, 1.54) is 4.31 Å². The number of amides is 1. The third kappa shape index (κ3) is 2.98. The molecular weight excluding hydrogens is 324 g/mol. The van der Waals surface area contributed by atoms with Crippen LogP contribution in [-0.4, -0.2) is 31.7 Å². The average Bonchev–Trinajstić information content (AvgIpc) is 3.06. The standard InChI is InChI=1S/C18H18N2O3S/c1-13-11-16(7-8-17(13)14-5-3-2-4-6-14)24(22,23)20-10-9-15(12-20)18(19)21/h2-9,11H,10,12H2,1H3,(H2,19,21). The molecule has 1 aliphatic heterocycles. The molecule has 0 aliphatic carbocycles. The van der Waals surface area contributed by atoms with Crippen LogP contribution in [0.5, 0.6) is 0 Å². The molecule has 0 saturated heterocycles. The second-order valence-electron chi connectivity index (χ2n) is 5.73. The molecular formula is C18H18N2O3S. The molecule has 6 heteroatoms. The van der Waals surface area contributed by atoms with Gasteiger partial charge in [0.25, 0.3) is 0 Å². The molecule has 0 aromatic heterocycles. The lowest BCUT2D eigenvalue weighted by atomic mass is 10.0. The molecule has 0 atom stereocenters. The third-order valence-electron chi connectivity index (χ3n) is 4.12. The number of primary amides is 1. The second kappa shape index (κ2) is 6.22. The molecule has 3 rings (SSSR count). The van der Waals surface area contributed by atoms with Crippen LogP contribution in [-0.2, 0) is 14.8 Å². The van der Waals surface area contributed by atoms with Crippen LogP contribution in [0.4, 0.5) is 0 Å². The maximum absolute atomic E-state index is 12.7. The Morgan fingerprint density at radius 3 is 2.42 bits per heavy atom. The minimum Gasteiger partial charge on any atom is -0.366 e.